The van der Waals surface area contributed by atoms with Crippen molar-refractivity contribution in [2.24, 2.45) is 11.1 Å². The summed E-state index contributed by atoms with van der Waals surface area (Å²) >= 11 is 0. The van der Waals surface area contributed by atoms with Gasteiger partial charge in [-0.25, -0.2) is 8.78 Å². The summed E-state index contributed by atoms with van der Waals surface area (Å²) < 4.78 is 31.1. The second-order valence-electron chi connectivity index (χ2n) is 13.0. The standard InChI is InChI=1S/C36H48F2N6O5/c1-6-32(47)42(5)22-31(46)40-15-16-41-35(49)29(39)14-17-44(33(48)23-45)34(36(2,3)4)30-18-25(27-19-26(37)12-13-28(27)38)21-43(30)20-24-10-8-7-9-11-24/h7-13,18-19,21,29,34,45H,6,14-17,20,22-23,39H2,1-5H3,(H,40,46)(H,41,49). The van der Waals surface area contributed by atoms with Crippen molar-refractivity contribution < 1.29 is 33.1 Å². The fraction of sp³-hybridized carbons (Fsp3) is 0.444. The van der Waals surface area contributed by atoms with Gasteiger partial charge in [0.05, 0.1) is 18.6 Å². The number of hydrogen-bond donors (Lipinski definition) is 4. The van der Waals surface area contributed by atoms with E-state index >= 15 is 0 Å². The van der Waals surface area contributed by atoms with Gasteiger partial charge in [-0.2, -0.15) is 0 Å². The first-order valence-corrected chi connectivity index (χ1v) is 16.3. The molecular formula is C36H48F2N6O5. The predicted octanol–water partition coefficient (Wildman–Crippen LogP) is 3.21. The van der Waals surface area contributed by atoms with Crippen LogP contribution in [-0.2, 0) is 25.7 Å². The third-order valence-electron chi connectivity index (χ3n) is 8.11. The molecule has 3 aromatic rings. The van der Waals surface area contributed by atoms with Crippen molar-refractivity contribution in [3.63, 3.8) is 0 Å². The Labute approximate surface area is 286 Å². The summed E-state index contributed by atoms with van der Waals surface area (Å²) in [5.41, 5.74) is 7.64. The number of halogens is 2. The number of nitrogens with one attached hydrogen (secondary N) is 2. The van der Waals surface area contributed by atoms with Crippen LogP contribution in [0.4, 0.5) is 8.78 Å². The van der Waals surface area contributed by atoms with Gasteiger partial charge in [-0.3, -0.25) is 19.2 Å². The van der Waals surface area contributed by atoms with Crippen molar-refractivity contribution in [2.45, 2.75) is 59.2 Å². The van der Waals surface area contributed by atoms with Crippen LogP contribution < -0.4 is 16.4 Å². The molecule has 0 aliphatic rings. The van der Waals surface area contributed by atoms with Crippen LogP contribution in [0.25, 0.3) is 11.1 Å². The molecule has 13 heteroatoms. The number of nitrogens with two attached hydrogens (primary N) is 1. The van der Waals surface area contributed by atoms with E-state index in [-0.39, 0.29) is 56.4 Å². The maximum Gasteiger partial charge on any atom is 0.248 e. The average Bonchev–Trinajstić information content (AvgIpc) is 3.46. The van der Waals surface area contributed by atoms with E-state index < -0.39 is 47.6 Å². The molecule has 2 unspecified atom stereocenters. The summed E-state index contributed by atoms with van der Waals surface area (Å²) in [6.07, 6.45) is 2.05. The Hall–Kier alpha value is -4.62. The fourth-order valence-corrected chi connectivity index (χ4v) is 5.66. The monoisotopic (exact) mass is 682 g/mol. The zero-order valence-corrected chi connectivity index (χ0v) is 28.8. The lowest BCUT2D eigenvalue weighted by molar-refractivity contribution is -0.140. The van der Waals surface area contributed by atoms with E-state index in [2.05, 4.69) is 10.6 Å². The lowest BCUT2D eigenvalue weighted by atomic mass is 9.82. The normalized spacial score (nSPS) is 12.6. The first-order valence-electron chi connectivity index (χ1n) is 16.3. The minimum absolute atomic E-state index is 0.00458. The van der Waals surface area contributed by atoms with Gasteiger partial charge in [0.25, 0.3) is 0 Å². The molecule has 266 valence electrons. The first kappa shape index (κ1) is 38.8. The van der Waals surface area contributed by atoms with Gasteiger partial charge in [-0.15, -0.1) is 0 Å². The number of aromatic nitrogens is 1. The second-order valence-corrected chi connectivity index (χ2v) is 13.0. The number of carbonyl (C=O) groups excluding carboxylic acids is 4. The van der Waals surface area contributed by atoms with E-state index in [0.29, 0.717) is 17.8 Å². The van der Waals surface area contributed by atoms with Crippen molar-refractivity contribution in [3.8, 4) is 11.1 Å². The van der Waals surface area contributed by atoms with Crippen LogP contribution in [0.1, 0.15) is 57.8 Å². The van der Waals surface area contributed by atoms with Gasteiger partial charge in [0.2, 0.25) is 23.6 Å². The van der Waals surface area contributed by atoms with Gasteiger partial charge in [0.15, 0.2) is 0 Å². The van der Waals surface area contributed by atoms with Crippen LogP contribution in [0, 0.1) is 17.0 Å². The number of benzene rings is 2. The third kappa shape index (κ3) is 10.9. The van der Waals surface area contributed by atoms with Gasteiger partial charge in [0, 0.05) is 62.7 Å². The molecule has 3 rings (SSSR count). The molecular weight excluding hydrogens is 634 g/mol. The van der Waals surface area contributed by atoms with Gasteiger partial charge < -0.3 is 35.8 Å². The highest BCUT2D eigenvalue weighted by Crippen LogP contribution is 2.41. The fourth-order valence-electron chi connectivity index (χ4n) is 5.66. The van der Waals surface area contributed by atoms with Crippen molar-refractivity contribution in [3.05, 3.63) is 83.7 Å². The maximum atomic E-state index is 15.0. The number of hydrogen-bond acceptors (Lipinski definition) is 6. The number of rotatable bonds is 16. The molecule has 5 N–H and O–H groups in total. The summed E-state index contributed by atoms with van der Waals surface area (Å²) in [6, 6.07) is 12.8. The third-order valence-corrected chi connectivity index (χ3v) is 8.11. The molecule has 1 aromatic heterocycles. The van der Waals surface area contributed by atoms with Crippen LogP contribution in [0.2, 0.25) is 0 Å². The topological polar surface area (TPSA) is 150 Å². The highest BCUT2D eigenvalue weighted by atomic mass is 19.1. The van der Waals surface area contributed by atoms with E-state index in [1.165, 1.54) is 16.8 Å². The molecule has 0 saturated heterocycles. The number of nitrogens with zero attached hydrogens (tertiary/aromatic N) is 3. The van der Waals surface area contributed by atoms with Gasteiger partial charge >= 0.3 is 0 Å². The molecule has 1 heterocycles. The molecule has 49 heavy (non-hydrogen) atoms. The Morgan fingerprint density at radius 3 is 2.29 bits per heavy atom. The molecule has 0 aliphatic heterocycles. The quantitative estimate of drug-likeness (QED) is 0.171. The van der Waals surface area contributed by atoms with Gasteiger partial charge in [-0.05, 0) is 41.7 Å². The molecule has 2 atom stereocenters. The Morgan fingerprint density at radius 1 is 0.980 bits per heavy atom. The molecule has 0 fully saturated rings. The minimum Gasteiger partial charge on any atom is -0.387 e. The van der Waals surface area contributed by atoms with Gasteiger partial charge in [0.1, 0.15) is 18.2 Å². The molecule has 0 radical (unpaired) electrons. The summed E-state index contributed by atoms with van der Waals surface area (Å²) in [5.74, 6) is -2.81. The van der Waals surface area contributed by atoms with Crippen molar-refractivity contribution in [2.75, 3.05) is 39.8 Å². The molecule has 0 saturated carbocycles. The average molecular weight is 683 g/mol. The van der Waals surface area contributed by atoms with E-state index in [4.69, 9.17) is 5.73 Å². The smallest absolute Gasteiger partial charge is 0.248 e. The number of aliphatic hydroxyl groups is 1. The zero-order chi connectivity index (χ0) is 36.3. The van der Waals surface area contributed by atoms with Crippen molar-refractivity contribution >= 4 is 23.6 Å². The second kappa shape index (κ2) is 17.7. The van der Waals surface area contributed by atoms with Crippen LogP contribution in [0.5, 0.6) is 0 Å². The summed E-state index contributed by atoms with van der Waals surface area (Å²) in [4.78, 5) is 52.7. The van der Waals surface area contributed by atoms with Crippen LogP contribution in [-0.4, -0.2) is 89.0 Å². The Balaban J connectivity index is 1.83. The Kier molecular flexibility index (Phi) is 14.0. The highest BCUT2D eigenvalue weighted by Gasteiger charge is 2.37. The number of aliphatic hydroxyl groups excluding tert-OH is 1. The first-order chi connectivity index (χ1) is 23.2. The molecule has 4 amide bonds. The van der Waals surface area contributed by atoms with Gasteiger partial charge in [-0.1, -0.05) is 58.0 Å². The molecule has 0 aliphatic carbocycles. The zero-order valence-electron chi connectivity index (χ0n) is 28.8. The maximum absolute atomic E-state index is 15.0. The van der Waals surface area contributed by atoms with Crippen molar-refractivity contribution in [1.29, 1.82) is 0 Å². The van der Waals surface area contributed by atoms with E-state index in [9.17, 15) is 33.1 Å². The summed E-state index contributed by atoms with van der Waals surface area (Å²) in [5, 5.41) is 15.3. The van der Waals surface area contributed by atoms with Crippen LogP contribution in [0.15, 0.2) is 60.8 Å². The molecule has 0 bridgehead atoms. The lowest BCUT2D eigenvalue weighted by Crippen LogP contribution is -2.48. The lowest BCUT2D eigenvalue weighted by Gasteiger charge is -2.41. The Bertz CT molecular complexity index is 1590. The van der Waals surface area contributed by atoms with E-state index in [0.717, 1.165) is 23.8 Å². The molecule has 11 nitrogen and oxygen atoms in total. The summed E-state index contributed by atoms with van der Waals surface area (Å²) in [7, 11) is 1.53. The molecule has 0 spiro atoms. The largest absolute Gasteiger partial charge is 0.387 e. The number of likely N-dealkylation sites (N-methyl/N-ethyl adjacent to an activating group) is 1. The minimum atomic E-state index is -1.02. The van der Waals surface area contributed by atoms with Crippen LogP contribution >= 0.6 is 0 Å². The van der Waals surface area contributed by atoms with E-state index in [1.807, 2.05) is 55.7 Å². The number of amides is 4. The molecule has 2 aromatic carbocycles. The number of carbonyl (C=O) groups is 4. The summed E-state index contributed by atoms with van der Waals surface area (Å²) in [6.45, 7) is 7.18. The van der Waals surface area contributed by atoms with Crippen molar-refractivity contribution in [1.82, 2.24) is 25.0 Å². The van der Waals surface area contributed by atoms with Crippen LogP contribution in [0.3, 0.4) is 0 Å². The highest BCUT2D eigenvalue weighted by molar-refractivity contribution is 5.84. The van der Waals surface area contributed by atoms with E-state index in [1.54, 1.807) is 19.2 Å². The Morgan fingerprint density at radius 2 is 1.65 bits per heavy atom. The SMILES string of the molecule is CCC(=O)N(C)CC(=O)NCCNC(=O)C(N)CCN(C(=O)CO)C(c1cc(-c2cc(F)ccc2F)cn1Cc1ccccc1)C(C)(C)C. The predicted molar refractivity (Wildman–Crippen MR) is 183 cm³/mol.